The fourth-order valence-corrected chi connectivity index (χ4v) is 3.46. The number of anilines is 1. The number of hydrogen-bond acceptors (Lipinski definition) is 5. The molecule has 1 aliphatic rings. The van der Waals surface area contributed by atoms with Crippen molar-refractivity contribution in [1.82, 2.24) is 14.7 Å². The van der Waals surface area contributed by atoms with Gasteiger partial charge in [0, 0.05) is 38.3 Å². The molecular weight excluding hydrogens is 272 g/mol. The normalized spacial score (nSPS) is 19.3. The van der Waals surface area contributed by atoms with Crippen LogP contribution in [0.3, 0.4) is 0 Å². The summed E-state index contributed by atoms with van der Waals surface area (Å²) in [7, 11) is 1.80. The maximum atomic E-state index is 5.47. The lowest BCUT2D eigenvalue weighted by atomic mass is 10.3. The highest BCUT2D eigenvalue weighted by atomic mass is 32.1. The van der Waals surface area contributed by atoms with Crippen molar-refractivity contribution in [3.8, 4) is 0 Å². The van der Waals surface area contributed by atoms with Gasteiger partial charge in [-0.25, -0.2) is 4.98 Å². The molecule has 0 radical (unpaired) electrons. The van der Waals surface area contributed by atoms with E-state index < -0.39 is 0 Å². The molecule has 1 fully saturated rings. The van der Waals surface area contributed by atoms with Crippen LogP contribution in [0.2, 0.25) is 0 Å². The number of hydrogen-bond donors (Lipinski definition) is 1. The van der Waals surface area contributed by atoms with Gasteiger partial charge < -0.3 is 15.0 Å². The van der Waals surface area contributed by atoms with Gasteiger partial charge in [0.1, 0.15) is 0 Å². The standard InChI is InChI=1S/C14H22N4OS/c1-3-5-15-9-12-13(16-14-18(12)7-8-20-14)17-6-4-11(10-17)19-2/h7-8,11,15H,3-6,9-10H2,1-2H3. The summed E-state index contributed by atoms with van der Waals surface area (Å²) in [6.45, 7) is 6.08. The molecule has 5 nitrogen and oxygen atoms in total. The van der Waals surface area contributed by atoms with Crippen molar-refractivity contribution in [3.63, 3.8) is 0 Å². The van der Waals surface area contributed by atoms with Gasteiger partial charge in [0.15, 0.2) is 10.8 Å². The molecule has 3 heterocycles. The maximum Gasteiger partial charge on any atom is 0.195 e. The van der Waals surface area contributed by atoms with E-state index in [9.17, 15) is 0 Å². The summed E-state index contributed by atoms with van der Waals surface area (Å²) in [5, 5.41) is 5.59. The van der Waals surface area contributed by atoms with Crippen LogP contribution >= 0.6 is 11.3 Å². The second-order valence-corrected chi connectivity index (χ2v) is 6.08. The monoisotopic (exact) mass is 294 g/mol. The van der Waals surface area contributed by atoms with Gasteiger partial charge in [-0.1, -0.05) is 6.92 Å². The number of aromatic nitrogens is 2. The van der Waals surface area contributed by atoms with E-state index in [0.29, 0.717) is 6.10 Å². The summed E-state index contributed by atoms with van der Waals surface area (Å²) < 4.78 is 7.68. The van der Waals surface area contributed by atoms with Gasteiger partial charge in [0.05, 0.1) is 11.8 Å². The quantitative estimate of drug-likeness (QED) is 0.829. The van der Waals surface area contributed by atoms with Crippen molar-refractivity contribution < 1.29 is 4.74 Å². The molecule has 1 saturated heterocycles. The Kier molecular flexibility index (Phi) is 4.24. The fraction of sp³-hybridized carbons (Fsp3) is 0.643. The zero-order chi connectivity index (χ0) is 13.9. The molecule has 2 aromatic heterocycles. The number of nitrogens with zero attached hydrogens (tertiary/aromatic N) is 3. The zero-order valence-corrected chi connectivity index (χ0v) is 12.9. The summed E-state index contributed by atoms with van der Waals surface area (Å²) in [4.78, 5) is 8.25. The third-order valence-corrected chi connectivity index (χ3v) is 4.59. The van der Waals surface area contributed by atoms with E-state index in [0.717, 1.165) is 49.8 Å². The lowest BCUT2D eigenvalue weighted by Gasteiger charge is -2.17. The number of thiazole rings is 1. The van der Waals surface area contributed by atoms with E-state index in [1.807, 2.05) is 0 Å². The van der Waals surface area contributed by atoms with Gasteiger partial charge in [-0.15, -0.1) is 11.3 Å². The van der Waals surface area contributed by atoms with Crippen LogP contribution in [0.4, 0.5) is 5.82 Å². The number of nitrogens with one attached hydrogen (secondary N) is 1. The second kappa shape index (κ2) is 6.11. The molecule has 1 N–H and O–H groups in total. The molecule has 0 aromatic carbocycles. The molecule has 3 rings (SSSR count). The number of fused-ring (bicyclic) bond motifs is 1. The minimum atomic E-state index is 0.339. The van der Waals surface area contributed by atoms with Crippen LogP contribution in [0.5, 0.6) is 0 Å². The third-order valence-electron chi connectivity index (χ3n) is 3.84. The third kappa shape index (κ3) is 2.55. The molecule has 0 bridgehead atoms. The number of imidazole rings is 1. The SMILES string of the molecule is CCCNCc1c(N2CCC(OC)C2)nc2sccn12. The van der Waals surface area contributed by atoms with E-state index in [1.165, 1.54) is 5.69 Å². The molecule has 1 unspecified atom stereocenters. The predicted molar refractivity (Wildman–Crippen MR) is 82.7 cm³/mol. The first-order chi connectivity index (χ1) is 9.83. The number of rotatable bonds is 6. The minimum Gasteiger partial charge on any atom is -0.380 e. The first-order valence-electron chi connectivity index (χ1n) is 7.26. The Morgan fingerprint density at radius 2 is 2.45 bits per heavy atom. The Bertz CT molecular complexity index is 565. The summed E-state index contributed by atoms with van der Waals surface area (Å²) in [6, 6.07) is 0. The number of ether oxygens (including phenoxy) is 1. The van der Waals surface area contributed by atoms with E-state index in [1.54, 1.807) is 18.4 Å². The molecule has 20 heavy (non-hydrogen) atoms. The summed E-state index contributed by atoms with van der Waals surface area (Å²) >= 11 is 1.69. The van der Waals surface area contributed by atoms with Crippen LogP contribution < -0.4 is 10.2 Å². The van der Waals surface area contributed by atoms with Crippen molar-refractivity contribution in [2.75, 3.05) is 31.6 Å². The molecule has 110 valence electrons. The predicted octanol–water partition coefficient (Wildman–Crippen LogP) is 2.12. The van der Waals surface area contributed by atoms with Crippen molar-refractivity contribution in [2.45, 2.75) is 32.4 Å². The van der Waals surface area contributed by atoms with Gasteiger partial charge in [-0.3, -0.25) is 4.40 Å². The first-order valence-corrected chi connectivity index (χ1v) is 8.14. The van der Waals surface area contributed by atoms with Gasteiger partial charge in [0.25, 0.3) is 0 Å². The van der Waals surface area contributed by atoms with Crippen LogP contribution in [0.25, 0.3) is 4.96 Å². The van der Waals surface area contributed by atoms with Crippen molar-refractivity contribution in [3.05, 3.63) is 17.3 Å². The topological polar surface area (TPSA) is 41.8 Å². The molecule has 2 aromatic rings. The zero-order valence-electron chi connectivity index (χ0n) is 12.1. The first kappa shape index (κ1) is 13.9. The smallest absolute Gasteiger partial charge is 0.195 e. The Labute approximate surface area is 123 Å². The maximum absolute atomic E-state index is 5.47. The van der Waals surface area contributed by atoms with Crippen LogP contribution in [0.1, 0.15) is 25.5 Å². The molecular formula is C14H22N4OS. The Hall–Kier alpha value is -1.11. The number of methoxy groups -OCH3 is 1. The largest absolute Gasteiger partial charge is 0.380 e. The van der Waals surface area contributed by atoms with Crippen LogP contribution in [0, 0.1) is 0 Å². The van der Waals surface area contributed by atoms with E-state index in [-0.39, 0.29) is 0 Å². The molecule has 0 aliphatic carbocycles. The lowest BCUT2D eigenvalue weighted by molar-refractivity contribution is 0.121. The molecule has 0 spiro atoms. The van der Waals surface area contributed by atoms with Gasteiger partial charge >= 0.3 is 0 Å². The average molecular weight is 294 g/mol. The molecule has 0 amide bonds. The van der Waals surface area contributed by atoms with E-state index in [2.05, 4.69) is 33.1 Å². The van der Waals surface area contributed by atoms with Gasteiger partial charge in [-0.2, -0.15) is 0 Å². The van der Waals surface area contributed by atoms with E-state index in [4.69, 9.17) is 9.72 Å². The Morgan fingerprint density at radius 1 is 1.55 bits per heavy atom. The van der Waals surface area contributed by atoms with Crippen LogP contribution in [-0.2, 0) is 11.3 Å². The highest BCUT2D eigenvalue weighted by Gasteiger charge is 2.27. The average Bonchev–Trinajstić information content (AvgIpc) is 3.14. The van der Waals surface area contributed by atoms with Crippen molar-refractivity contribution >= 4 is 22.1 Å². The van der Waals surface area contributed by atoms with Crippen LogP contribution in [-0.4, -0.2) is 42.2 Å². The summed E-state index contributed by atoms with van der Waals surface area (Å²) in [6.07, 6.45) is 4.69. The molecule has 0 saturated carbocycles. The summed E-state index contributed by atoms with van der Waals surface area (Å²) in [5.41, 5.74) is 1.27. The Morgan fingerprint density at radius 3 is 3.20 bits per heavy atom. The Balaban J connectivity index is 1.85. The van der Waals surface area contributed by atoms with Crippen molar-refractivity contribution in [2.24, 2.45) is 0 Å². The van der Waals surface area contributed by atoms with Gasteiger partial charge in [-0.05, 0) is 19.4 Å². The highest BCUT2D eigenvalue weighted by Crippen LogP contribution is 2.28. The second-order valence-electron chi connectivity index (χ2n) is 5.21. The molecule has 1 atom stereocenters. The highest BCUT2D eigenvalue weighted by molar-refractivity contribution is 7.15. The minimum absolute atomic E-state index is 0.339. The van der Waals surface area contributed by atoms with Gasteiger partial charge in [0.2, 0.25) is 0 Å². The lowest BCUT2D eigenvalue weighted by Crippen LogP contribution is -2.25. The van der Waals surface area contributed by atoms with Crippen LogP contribution in [0.15, 0.2) is 11.6 Å². The van der Waals surface area contributed by atoms with Crippen molar-refractivity contribution in [1.29, 1.82) is 0 Å². The fourth-order valence-electron chi connectivity index (χ4n) is 2.74. The van der Waals surface area contributed by atoms with E-state index >= 15 is 0 Å². The molecule has 6 heteroatoms. The summed E-state index contributed by atoms with van der Waals surface area (Å²) in [5.74, 6) is 1.13. The molecule has 1 aliphatic heterocycles.